The van der Waals surface area contributed by atoms with E-state index in [-0.39, 0.29) is 17.7 Å². The predicted molar refractivity (Wildman–Crippen MR) is 104 cm³/mol. The Hall–Kier alpha value is -1.76. The maximum atomic E-state index is 11.7. The molecule has 2 aliphatic heterocycles. The number of nitrogens with zero attached hydrogens (tertiary/aromatic N) is 1. The second-order valence-electron chi connectivity index (χ2n) is 7.28. The number of guanidine groups is 1. The van der Waals surface area contributed by atoms with E-state index < -0.39 is 9.84 Å². The molecule has 2 heterocycles. The molecule has 2 aliphatic rings. The van der Waals surface area contributed by atoms with Crippen molar-refractivity contribution in [3.8, 4) is 5.75 Å². The minimum Gasteiger partial charge on any atom is -0.493 e. The molecule has 1 fully saturated rings. The van der Waals surface area contributed by atoms with Crippen LogP contribution in [0.15, 0.2) is 29.3 Å². The summed E-state index contributed by atoms with van der Waals surface area (Å²) in [5, 5.41) is 6.97. The Morgan fingerprint density at radius 1 is 1.35 bits per heavy atom. The Bertz CT molecular complexity index is 748. The number of ether oxygens (including phenoxy) is 1. The van der Waals surface area contributed by atoms with Gasteiger partial charge in [0.05, 0.1) is 24.2 Å². The molecule has 2 N–H and O–H groups in total. The molecule has 3 atom stereocenters. The Balaban J connectivity index is 1.71. The summed E-state index contributed by atoms with van der Waals surface area (Å²) in [5.41, 5.74) is 1.14. The molecule has 0 aromatic heterocycles. The lowest BCUT2D eigenvalue weighted by Gasteiger charge is -2.29. The molecule has 1 saturated heterocycles. The van der Waals surface area contributed by atoms with Crippen LogP contribution in [-0.4, -0.2) is 45.1 Å². The van der Waals surface area contributed by atoms with Crippen LogP contribution in [-0.2, 0) is 9.84 Å². The molecule has 144 valence electrons. The molecular weight excluding hydrogens is 350 g/mol. The predicted octanol–water partition coefficient (Wildman–Crippen LogP) is 2.28. The van der Waals surface area contributed by atoms with E-state index in [0.29, 0.717) is 31.4 Å². The van der Waals surface area contributed by atoms with Crippen LogP contribution in [0.3, 0.4) is 0 Å². The number of aliphatic imine (C=N–C) groups is 1. The highest BCUT2D eigenvalue weighted by atomic mass is 32.2. The normalized spacial score (nSPS) is 25.8. The van der Waals surface area contributed by atoms with Gasteiger partial charge in [0.1, 0.15) is 5.75 Å². The zero-order chi connectivity index (χ0) is 18.6. The van der Waals surface area contributed by atoms with Gasteiger partial charge in [-0.1, -0.05) is 25.1 Å². The van der Waals surface area contributed by atoms with Crippen molar-refractivity contribution in [1.82, 2.24) is 10.6 Å². The van der Waals surface area contributed by atoms with Crippen LogP contribution in [0.2, 0.25) is 0 Å². The number of nitrogens with one attached hydrogen (secondary N) is 2. The van der Waals surface area contributed by atoms with Crippen molar-refractivity contribution in [3.05, 3.63) is 29.8 Å². The van der Waals surface area contributed by atoms with Gasteiger partial charge in [-0.05, 0) is 31.7 Å². The summed E-state index contributed by atoms with van der Waals surface area (Å²) in [7, 11) is -2.86. The van der Waals surface area contributed by atoms with Gasteiger partial charge in [0.25, 0.3) is 0 Å². The van der Waals surface area contributed by atoms with Gasteiger partial charge in [-0.15, -0.1) is 0 Å². The van der Waals surface area contributed by atoms with E-state index in [4.69, 9.17) is 9.73 Å². The number of rotatable bonds is 5. The van der Waals surface area contributed by atoms with Crippen LogP contribution in [0.5, 0.6) is 5.75 Å². The van der Waals surface area contributed by atoms with E-state index >= 15 is 0 Å². The van der Waals surface area contributed by atoms with Crippen molar-refractivity contribution in [2.45, 2.75) is 45.2 Å². The van der Waals surface area contributed by atoms with Crippen molar-refractivity contribution in [3.63, 3.8) is 0 Å². The SMILES string of the molecule is CCC(C)NC(=NCC1CCS(=O)(=O)C1)NC1CCOc2ccccc21. The van der Waals surface area contributed by atoms with E-state index in [0.717, 1.165) is 30.1 Å². The van der Waals surface area contributed by atoms with Gasteiger partial charge in [0.2, 0.25) is 0 Å². The lowest BCUT2D eigenvalue weighted by molar-refractivity contribution is 0.261. The lowest BCUT2D eigenvalue weighted by Crippen LogP contribution is -2.44. The second kappa shape index (κ2) is 8.29. The summed E-state index contributed by atoms with van der Waals surface area (Å²) in [6.07, 6.45) is 2.57. The third-order valence-corrected chi connectivity index (χ3v) is 6.94. The van der Waals surface area contributed by atoms with E-state index in [1.807, 2.05) is 18.2 Å². The van der Waals surface area contributed by atoms with E-state index in [2.05, 4.69) is 30.5 Å². The third kappa shape index (κ3) is 4.90. The fourth-order valence-corrected chi connectivity index (χ4v) is 5.21. The molecule has 0 amide bonds. The van der Waals surface area contributed by atoms with Gasteiger partial charge in [-0.2, -0.15) is 0 Å². The molecule has 1 aromatic carbocycles. The standard InChI is InChI=1S/C19H29N3O3S/c1-3-14(2)21-19(20-12-15-9-11-26(23,24)13-15)22-17-8-10-25-18-7-5-4-6-16(17)18/h4-7,14-15,17H,3,8-13H2,1-2H3,(H2,20,21,22). The molecule has 7 heteroatoms. The highest BCUT2D eigenvalue weighted by molar-refractivity contribution is 7.91. The molecule has 0 saturated carbocycles. The Morgan fingerprint density at radius 3 is 2.88 bits per heavy atom. The maximum Gasteiger partial charge on any atom is 0.191 e. The first-order valence-corrected chi connectivity index (χ1v) is 11.3. The first-order chi connectivity index (χ1) is 12.5. The second-order valence-corrected chi connectivity index (χ2v) is 9.51. The van der Waals surface area contributed by atoms with Crippen LogP contribution < -0.4 is 15.4 Å². The third-order valence-electron chi connectivity index (χ3n) is 5.10. The van der Waals surface area contributed by atoms with Crippen molar-refractivity contribution in [2.24, 2.45) is 10.9 Å². The maximum absolute atomic E-state index is 11.7. The molecule has 3 rings (SSSR count). The highest BCUT2D eigenvalue weighted by Gasteiger charge is 2.28. The van der Waals surface area contributed by atoms with Gasteiger partial charge >= 0.3 is 0 Å². The number of hydrogen-bond acceptors (Lipinski definition) is 4. The van der Waals surface area contributed by atoms with Crippen LogP contribution in [0, 0.1) is 5.92 Å². The van der Waals surface area contributed by atoms with Gasteiger partial charge in [0.15, 0.2) is 15.8 Å². The quantitative estimate of drug-likeness (QED) is 0.606. The molecule has 6 nitrogen and oxygen atoms in total. The first kappa shape index (κ1) is 19.0. The van der Waals surface area contributed by atoms with E-state index in [1.54, 1.807) is 0 Å². The summed E-state index contributed by atoms with van der Waals surface area (Å²) < 4.78 is 29.1. The summed E-state index contributed by atoms with van der Waals surface area (Å²) in [4.78, 5) is 4.72. The lowest BCUT2D eigenvalue weighted by atomic mass is 10.0. The molecule has 0 radical (unpaired) electrons. The zero-order valence-electron chi connectivity index (χ0n) is 15.6. The Kier molecular flexibility index (Phi) is 6.06. The molecule has 0 spiro atoms. The number of benzene rings is 1. The summed E-state index contributed by atoms with van der Waals surface area (Å²) in [6.45, 7) is 5.46. The molecule has 3 unspecified atom stereocenters. The number of para-hydroxylation sites is 1. The van der Waals surface area contributed by atoms with Gasteiger partial charge in [0, 0.05) is 24.6 Å². The van der Waals surface area contributed by atoms with Crippen LogP contribution in [0.25, 0.3) is 0 Å². The fourth-order valence-electron chi connectivity index (χ4n) is 3.36. The average Bonchev–Trinajstić information content (AvgIpc) is 2.98. The topological polar surface area (TPSA) is 79.8 Å². The molecule has 1 aromatic rings. The molecular formula is C19H29N3O3S. The largest absolute Gasteiger partial charge is 0.493 e. The Morgan fingerprint density at radius 2 is 2.15 bits per heavy atom. The zero-order valence-corrected chi connectivity index (χ0v) is 16.4. The fraction of sp³-hybridized carbons (Fsp3) is 0.632. The number of sulfone groups is 1. The van der Waals surface area contributed by atoms with Crippen LogP contribution in [0.1, 0.15) is 44.7 Å². The summed E-state index contributed by atoms with van der Waals surface area (Å²) in [5.74, 6) is 2.35. The number of fused-ring (bicyclic) bond motifs is 1. The smallest absolute Gasteiger partial charge is 0.191 e. The molecule has 26 heavy (non-hydrogen) atoms. The van der Waals surface area contributed by atoms with Crippen LogP contribution in [0.4, 0.5) is 0 Å². The van der Waals surface area contributed by atoms with Gasteiger partial charge in [-0.25, -0.2) is 8.42 Å². The monoisotopic (exact) mass is 379 g/mol. The van der Waals surface area contributed by atoms with Crippen LogP contribution >= 0.6 is 0 Å². The van der Waals surface area contributed by atoms with Crippen molar-refractivity contribution >= 4 is 15.8 Å². The van der Waals surface area contributed by atoms with E-state index in [1.165, 1.54) is 0 Å². The minimum atomic E-state index is -2.86. The van der Waals surface area contributed by atoms with E-state index in [9.17, 15) is 8.42 Å². The first-order valence-electron chi connectivity index (χ1n) is 9.46. The van der Waals surface area contributed by atoms with Crippen molar-refractivity contribution in [2.75, 3.05) is 24.7 Å². The minimum absolute atomic E-state index is 0.123. The van der Waals surface area contributed by atoms with Crippen molar-refractivity contribution < 1.29 is 13.2 Å². The molecule has 0 bridgehead atoms. The Labute approximate surface area is 156 Å². The van der Waals surface area contributed by atoms with Crippen molar-refractivity contribution in [1.29, 1.82) is 0 Å². The van der Waals surface area contributed by atoms with Gasteiger partial charge < -0.3 is 15.4 Å². The number of hydrogen-bond donors (Lipinski definition) is 2. The summed E-state index contributed by atoms with van der Waals surface area (Å²) >= 11 is 0. The van der Waals surface area contributed by atoms with Gasteiger partial charge in [-0.3, -0.25) is 4.99 Å². The molecule has 0 aliphatic carbocycles. The summed E-state index contributed by atoms with van der Waals surface area (Å²) in [6, 6.07) is 8.51. The highest BCUT2D eigenvalue weighted by Crippen LogP contribution is 2.31. The average molecular weight is 380 g/mol.